The lowest BCUT2D eigenvalue weighted by molar-refractivity contribution is -0.134. The van der Waals surface area contributed by atoms with Gasteiger partial charge in [-0.25, -0.2) is 4.39 Å². The molecule has 0 radical (unpaired) electrons. The summed E-state index contributed by atoms with van der Waals surface area (Å²) in [5.41, 5.74) is 0.623. The number of hydrogen-bond acceptors (Lipinski definition) is 2. The van der Waals surface area contributed by atoms with Crippen LogP contribution in [0.3, 0.4) is 0 Å². The lowest BCUT2D eigenvalue weighted by atomic mass is 9.99. The van der Waals surface area contributed by atoms with Gasteiger partial charge in [0, 0.05) is 38.2 Å². The summed E-state index contributed by atoms with van der Waals surface area (Å²) >= 11 is 0. The Balaban J connectivity index is 1.99. The predicted octanol–water partition coefficient (Wildman–Crippen LogP) is 3.36. The molecule has 0 aromatic heterocycles. The van der Waals surface area contributed by atoms with E-state index in [0.29, 0.717) is 24.7 Å². The minimum absolute atomic E-state index is 0.102. The maximum Gasteiger partial charge on any atom is 0.224 e. The highest BCUT2D eigenvalue weighted by atomic mass is 19.1. The zero-order chi connectivity index (χ0) is 16.8. The molecule has 0 N–H and O–H groups in total. The van der Waals surface area contributed by atoms with Crippen molar-refractivity contribution >= 4 is 17.5 Å². The smallest absolute Gasteiger partial charge is 0.224 e. The van der Waals surface area contributed by atoms with Gasteiger partial charge in [-0.15, -0.1) is 0 Å². The fraction of sp³-hybridized carbons (Fsp3) is 0.556. The number of carbonyl (C=O) groups is 2. The van der Waals surface area contributed by atoms with E-state index in [1.807, 2.05) is 4.90 Å². The first-order chi connectivity index (χ1) is 11.0. The Kier molecular flexibility index (Phi) is 6.13. The van der Waals surface area contributed by atoms with Gasteiger partial charge in [0.05, 0.1) is 0 Å². The lowest BCUT2D eigenvalue weighted by Crippen LogP contribution is -2.44. The van der Waals surface area contributed by atoms with Crippen molar-refractivity contribution in [2.75, 3.05) is 18.0 Å². The molecular formula is C18H25FN2O2. The van der Waals surface area contributed by atoms with E-state index in [9.17, 15) is 14.0 Å². The second-order valence-corrected chi connectivity index (χ2v) is 6.04. The molecule has 0 saturated carbocycles. The monoisotopic (exact) mass is 320 g/mol. The van der Waals surface area contributed by atoms with Crippen molar-refractivity contribution in [3.63, 3.8) is 0 Å². The number of rotatable bonds is 5. The molecule has 0 aliphatic carbocycles. The number of anilines is 1. The quantitative estimate of drug-likeness (QED) is 0.834. The van der Waals surface area contributed by atoms with E-state index in [1.165, 1.54) is 30.4 Å². The fourth-order valence-electron chi connectivity index (χ4n) is 3.19. The summed E-state index contributed by atoms with van der Waals surface area (Å²) in [6, 6.07) is 6.11. The van der Waals surface area contributed by atoms with Crippen LogP contribution in [0.15, 0.2) is 24.3 Å². The molecule has 0 spiro atoms. The maximum atomic E-state index is 13.0. The van der Waals surface area contributed by atoms with E-state index in [1.54, 1.807) is 12.1 Å². The van der Waals surface area contributed by atoms with E-state index >= 15 is 0 Å². The number of likely N-dealkylation sites (tertiary alicyclic amines) is 1. The Bertz CT molecular complexity index is 544. The van der Waals surface area contributed by atoms with Gasteiger partial charge < -0.3 is 9.80 Å². The Hall–Kier alpha value is -1.91. The summed E-state index contributed by atoms with van der Waals surface area (Å²) < 4.78 is 13.0. The predicted molar refractivity (Wildman–Crippen MR) is 88.7 cm³/mol. The third-order valence-corrected chi connectivity index (χ3v) is 4.49. The molecule has 1 aliphatic rings. The molecule has 126 valence electrons. The molecule has 2 amide bonds. The minimum atomic E-state index is -0.340. The van der Waals surface area contributed by atoms with E-state index in [4.69, 9.17) is 0 Å². The average Bonchev–Trinajstić information content (AvgIpc) is 2.56. The van der Waals surface area contributed by atoms with Gasteiger partial charge in [-0.3, -0.25) is 9.59 Å². The highest BCUT2D eigenvalue weighted by molar-refractivity contribution is 5.92. The minimum Gasteiger partial charge on any atom is -0.340 e. The summed E-state index contributed by atoms with van der Waals surface area (Å²) in [7, 11) is 0. The van der Waals surface area contributed by atoms with Crippen LogP contribution in [-0.4, -0.2) is 35.8 Å². The summed E-state index contributed by atoms with van der Waals surface area (Å²) in [4.78, 5) is 27.8. The SMILES string of the molecule is CCC1CCCCN1C(=O)CCN(C(C)=O)c1ccc(F)cc1. The Morgan fingerprint density at radius 3 is 2.57 bits per heavy atom. The molecule has 1 aliphatic heterocycles. The lowest BCUT2D eigenvalue weighted by Gasteiger charge is -2.35. The number of amides is 2. The van der Waals surface area contributed by atoms with Crippen molar-refractivity contribution in [1.29, 1.82) is 0 Å². The number of nitrogens with zero attached hydrogens (tertiary/aromatic N) is 2. The summed E-state index contributed by atoms with van der Waals surface area (Å²) in [6.07, 6.45) is 4.57. The van der Waals surface area contributed by atoms with Crippen LogP contribution in [0, 0.1) is 5.82 Å². The first-order valence-corrected chi connectivity index (χ1v) is 8.36. The van der Waals surface area contributed by atoms with Crippen LogP contribution in [-0.2, 0) is 9.59 Å². The number of piperidine rings is 1. The third-order valence-electron chi connectivity index (χ3n) is 4.49. The van der Waals surface area contributed by atoms with Gasteiger partial charge in [0.1, 0.15) is 5.82 Å². The Labute approximate surface area is 137 Å². The zero-order valence-electron chi connectivity index (χ0n) is 13.9. The zero-order valence-corrected chi connectivity index (χ0v) is 13.9. The van der Waals surface area contributed by atoms with Crippen LogP contribution in [0.5, 0.6) is 0 Å². The fourth-order valence-corrected chi connectivity index (χ4v) is 3.19. The number of halogens is 1. The maximum absolute atomic E-state index is 13.0. The van der Waals surface area contributed by atoms with Crippen molar-refractivity contribution in [2.45, 2.75) is 52.0 Å². The van der Waals surface area contributed by atoms with Crippen LogP contribution in [0.2, 0.25) is 0 Å². The Morgan fingerprint density at radius 2 is 1.96 bits per heavy atom. The highest BCUT2D eigenvalue weighted by Crippen LogP contribution is 2.21. The van der Waals surface area contributed by atoms with E-state index < -0.39 is 0 Å². The molecule has 1 saturated heterocycles. The third kappa shape index (κ3) is 4.53. The van der Waals surface area contributed by atoms with Crippen molar-refractivity contribution in [3.8, 4) is 0 Å². The Morgan fingerprint density at radius 1 is 1.26 bits per heavy atom. The van der Waals surface area contributed by atoms with Crippen molar-refractivity contribution in [3.05, 3.63) is 30.1 Å². The first kappa shape index (κ1) is 17.4. The van der Waals surface area contributed by atoms with Gasteiger partial charge in [-0.1, -0.05) is 6.92 Å². The van der Waals surface area contributed by atoms with Crippen LogP contribution in [0.1, 0.15) is 46.0 Å². The number of benzene rings is 1. The molecule has 5 heteroatoms. The second kappa shape index (κ2) is 8.09. The molecular weight excluding hydrogens is 295 g/mol. The molecule has 1 aromatic rings. The summed E-state index contributed by atoms with van der Waals surface area (Å²) in [5, 5.41) is 0. The highest BCUT2D eigenvalue weighted by Gasteiger charge is 2.25. The van der Waals surface area contributed by atoms with Crippen molar-refractivity contribution in [1.82, 2.24) is 4.90 Å². The summed E-state index contributed by atoms with van der Waals surface area (Å²) in [6.45, 7) is 4.71. The standard InChI is InChI=1S/C18H25FN2O2/c1-3-16-6-4-5-12-21(16)18(23)11-13-20(14(2)22)17-9-7-15(19)8-10-17/h7-10,16H,3-6,11-13H2,1-2H3. The van der Waals surface area contributed by atoms with Crippen molar-refractivity contribution < 1.29 is 14.0 Å². The molecule has 2 rings (SSSR count). The first-order valence-electron chi connectivity index (χ1n) is 8.36. The molecule has 1 heterocycles. The van der Waals surface area contributed by atoms with Crippen LogP contribution in [0.4, 0.5) is 10.1 Å². The van der Waals surface area contributed by atoms with E-state index in [-0.39, 0.29) is 17.6 Å². The number of carbonyl (C=O) groups excluding carboxylic acids is 2. The normalized spacial score (nSPS) is 17.9. The van der Waals surface area contributed by atoms with E-state index in [2.05, 4.69) is 6.92 Å². The summed E-state index contributed by atoms with van der Waals surface area (Å²) in [5.74, 6) is -0.382. The van der Waals surface area contributed by atoms with Gasteiger partial charge in [-0.05, 0) is 49.9 Å². The van der Waals surface area contributed by atoms with E-state index in [0.717, 1.165) is 25.8 Å². The van der Waals surface area contributed by atoms with Gasteiger partial charge >= 0.3 is 0 Å². The molecule has 0 bridgehead atoms. The van der Waals surface area contributed by atoms with Crippen LogP contribution >= 0.6 is 0 Å². The van der Waals surface area contributed by atoms with Gasteiger partial charge in [0.2, 0.25) is 11.8 Å². The molecule has 1 unspecified atom stereocenters. The number of hydrogen-bond donors (Lipinski definition) is 0. The second-order valence-electron chi connectivity index (χ2n) is 6.04. The molecule has 1 aromatic carbocycles. The van der Waals surface area contributed by atoms with Crippen LogP contribution in [0.25, 0.3) is 0 Å². The largest absolute Gasteiger partial charge is 0.340 e. The molecule has 1 fully saturated rings. The van der Waals surface area contributed by atoms with Gasteiger partial charge in [-0.2, -0.15) is 0 Å². The van der Waals surface area contributed by atoms with Crippen LogP contribution < -0.4 is 4.90 Å². The molecule has 1 atom stereocenters. The van der Waals surface area contributed by atoms with Gasteiger partial charge in [0.25, 0.3) is 0 Å². The molecule has 23 heavy (non-hydrogen) atoms. The van der Waals surface area contributed by atoms with Gasteiger partial charge in [0.15, 0.2) is 0 Å². The molecule has 4 nitrogen and oxygen atoms in total. The topological polar surface area (TPSA) is 40.6 Å². The van der Waals surface area contributed by atoms with Crippen molar-refractivity contribution in [2.24, 2.45) is 0 Å². The average molecular weight is 320 g/mol.